The number of carbonyl (C=O) groups excluding carboxylic acids is 1. The molecule has 126 valence electrons. The second-order valence-corrected chi connectivity index (χ2v) is 5.88. The Morgan fingerprint density at radius 2 is 1.60 bits per heavy atom. The first-order chi connectivity index (χ1) is 12.1. The van der Waals surface area contributed by atoms with Gasteiger partial charge in [-0.05, 0) is 61.0 Å². The van der Waals surface area contributed by atoms with Crippen molar-refractivity contribution in [3.05, 3.63) is 95.3 Å². The topological polar surface area (TPSA) is 41.1 Å². The fourth-order valence-electron chi connectivity index (χ4n) is 2.47. The van der Waals surface area contributed by atoms with Gasteiger partial charge in [0, 0.05) is 23.5 Å². The predicted octanol–water partition coefficient (Wildman–Crippen LogP) is 5.00. The monoisotopic (exact) mass is 334 g/mol. The number of benzene rings is 3. The highest BCUT2D eigenvalue weighted by Gasteiger charge is 2.06. The van der Waals surface area contributed by atoms with Crippen molar-refractivity contribution in [2.45, 2.75) is 13.5 Å². The number of amides is 1. The van der Waals surface area contributed by atoms with Gasteiger partial charge in [-0.15, -0.1) is 0 Å². The number of rotatable bonds is 5. The third kappa shape index (κ3) is 4.67. The first kappa shape index (κ1) is 16.7. The van der Waals surface area contributed by atoms with Gasteiger partial charge in [-0.2, -0.15) is 0 Å². The van der Waals surface area contributed by atoms with Crippen molar-refractivity contribution in [1.82, 2.24) is 0 Å². The third-order valence-electron chi connectivity index (χ3n) is 3.83. The molecular formula is C21H19FN2O. The average Bonchev–Trinajstić information content (AvgIpc) is 2.62. The normalized spacial score (nSPS) is 10.3. The molecule has 0 aliphatic carbocycles. The molecule has 0 bridgehead atoms. The molecule has 0 saturated heterocycles. The minimum atomic E-state index is -0.238. The molecule has 0 aromatic heterocycles. The van der Waals surface area contributed by atoms with Gasteiger partial charge < -0.3 is 10.6 Å². The second kappa shape index (κ2) is 7.62. The molecule has 1 amide bonds. The zero-order chi connectivity index (χ0) is 17.6. The lowest BCUT2D eigenvalue weighted by molar-refractivity contribution is 0.102. The summed E-state index contributed by atoms with van der Waals surface area (Å²) < 4.78 is 12.9. The Morgan fingerprint density at radius 1 is 0.920 bits per heavy atom. The molecular weight excluding hydrogens is 315 g/mol. The minimum Gasteiger partial charge on any atom is -0.381 e. The zero-order valence-corrected chi connectivity index (χ0v) is 13.9. The van der Waals surface area contributed by atoms with Gasteiger partial charge in [-0.25, -0.2) is 4.39 Å². The van der Waals surface area contributed by atoms with Gasteiger partial charge in [0.25, 0.3) is 5.91 Å². The van der Waals surface area contributed by atoms with Gasteiger partial charge in [0.15, 0.2) is 0 Å². The molecule has 2 N–H and O–H groups in total. The molecule has 0 heterocycles. The number of hydrogen-bond donors (Lipinski definition) is 2. The average molecular weight is 334 g/mol. The maximum Gasteiger partial charge on any atom is 0.255 e. The fourth-order valence-corrected chi connectivity index (χ4v) is 2.47. The molecule has 0 atom stereocenters. The maximum atomic E-state index is 12.9. The highest BCUT2D eigenvalue weighted by atomic mass is 19.1. The first-order valence-electron chi connectivity index (χ1n) is 8.06. The molecule has 0 aliphatic heterocycles. The van der Waals surface area contributed by atoms with Gasteiger partial charge in [0.2, 0.25) is 0 Å². The molecule has 3 rings (SSSR count). The number of anilines is 2. The van der Waals surface area contributed by atoms with Crippen molar-refractivity contribution in [3.8, 4) is 0 Å². The SMILES string of the molecule is Cc1cccc(C(=O)Nc2ccc(NCc3ccc(F)cc3)cc2)c1. The summed E-state index contributed by atoms with van der Waals surface area (Å²) in [5.41, 5.74) is 4.35. The van der Waals surface area contributed by atoms with E-state index in [2.05, 4.69) is 10.6 Å². The fraction of sp³-hybridized carbons (Fsp3) is 0.0952. The van der Waals surface area contributed by atoms with Crippen molar-refractivity contribution < 1.29 is 9.18 Å². The van der Waals surface area contributed by atoms with Crippen LogP contribution in [-0.4, -0.2) is 5.91 Å². The van der Waals surface area contributed by atoms with Crippen LogP contribution in [0.1, 0.15) is 21.5 Å². The van der Waals surface area contributed by atoms with Crippen LogP contribution in [0.3, 0.4) is 0 Å². The van der Waals surface area contributed by atoms with Crippen LogP contribution < -0.4 is 10.6 Å². The number of halogens is 1. The highest BCUT2D eigenvalue weighted by Crippen LogP contribution is 2.16. The number of aryl methyl sites for hydroxylation is 1. The van der Waals surface area contributed by atoms with Gasteiger partial charge in [0.05, 0.1) is 0 Å². The van der Waals surface area contributed by atoms with E-state index >= 15 is 0 Å². The van der Waals surface area contributed by atoms with E-state index in [0.29, 0.717) is 12.1 Å². The zero-order valence-electron chi connectivity index (χ0n) is 13.9. The lowest BCUT2D eigenvalue weighted by Gasteiger charge is -2.09. The Hall–Kier alpha value is -3.14. The van der Waals surface area contributed by atoms with E-state index < -0.39 is 0 Å². The van der Waals surface area contributed by atoms with E-state index in [0.717, 1.165) is 22.5 Å². The Labute approximate surface area is 146 Å². The number of nitrogens with one attached hydrogen (secondary N) is 2. The summed E-state index contributed by atoms with van der Waals surface area (Å²) >= 11 is 0. The third-order valence-corrected chi connectivity index (χ3v) is 3.83. The molecule has 3 aromatic rings. The van der Waals surface area contributed by atoms with Gasteiger partial charge >= 0.3 is 0 Å². The van der Waals surface area contributed by atoms with Crippen LogP contribution in [0.5, 0.6) is 0 Å². The molecule has 0 fully saturated rings. The van der Waals surface area contributed by atoms with Gasteiger partial charge in [0.1, 0.15) is 5.82 Å². The van der Waals surface area contributed by atoms with Gasteiger partial charge in [-0.3, -0.25) is 4.79 Å². The van der Waals surface area contributed by atoms with E-state index in [9.17, 15) is 9.18 Å². The summed E-state index contributed by atoms with van der Waals surface area (Å²) in [6, 6.07) is 21.4. The molecule has 4 heteroatoms. The standard InChI is InChI=1S/C21H19FN2O/c1-15-3-2-4-17(13-15)21(25)24-20-11-9-19(10-12-20)23-14-16-5-7-18(22)8-6-16/h2-13,23H,14H2,1H3,(H,24,25). The first-order valence-corrected chi connectivity index (χ1v) is 8.06. The molecule has 0 aliphatic rings. The van der Waals surface area contributed by atoms with E-state index in [1.54, 1.807) is 18.2 Å². The Bertz CT molecular complexity index is 858. The molecule has 0 unspecified atom stereocenters. The van der Waals surface area contributed by atoms with E-state index in [1.165, 1.54) is 12.1 Å². The van der Waals surface area contributed by atoms with Crippen molar-refractivity contribution in [1.29, 1.82) is 0 Å². The van der Waals surface area contributed by atoms with Crippen LogP contribution in [0.2, 0.25) is 0 Å². The van der Waals surface area contributed by atoms with E-state index in [4.69, 9.17) is 0 Å². The molecule has 3 aromatic carbocycles. The smallest absolute Gasteiger partial charge is 0.255 e. The summed E-state index contributed by atoms with van der Waals surface area (Å²) in [7, 11) is 0. The van der Waals surface area contributed by atoms with E-state index in [-0.39, 0.29) is 11.7 Å². The Balaban J connectivity index is 1.58. The Kier molecular flexibility index (Phi) is 5.09. The van der Waals surface area contributed by atoms with Crippen LogP contribution in [0.4, 0.5) is 15.8 Å². The quantitative estimate of drug-likeness (QED) is 0.689. The molecule has 0 radical (unpaired) electrons. The van der Waals surface area contributed by atoms with Crippen molar-refractivity contribution in [2.24, 2.45) is 0 Å². The van der Waals surface area contributed by atoms with Crippen LogP contribution in [0.25, 0.3) is 0 Å². The highest BCUT2D eigenvalue weighted by molar-refractivity contribution is 6.04. The largest absolute Gasteiger partial charge is 0.381 e. The summed E-state index contributed by atoms with van der Waals surface area (Å²) in [5.74, 6) is -0.367. The number of hydrogen-bond acceptors (Lipinski definition) is 2. The summed E-state index contributed by atoms with van der Waals surface area (Å²) in [6.45, 7) is 2.56. The number of carbonyl (C=O) groups is 1. The molecule has 0 saturated carbocycles. The van der Waals surface area contributed by atoms with Crippen LogP contribution >= 0.6 is 0 Å². The van der Waals surface area contributed by atoms with Crippen molar-refractivity contribution in [2.75, 3.05) is 10.6 Å². The minimum absolute atomic E-state index is 0.129. The lowest BCUT2D eigenvalue weighted by atomic mass is 10.1. The summed E-state index contributed by atoms with van der Waals surface area (Å²) in [5, 5.41) is 6.15. The summed E-state index contributed by atoms with van der Waals surface area (Å²) in [4.78, 5) is 12.2. The molecule has 0 spiro atoms. The van der Waals surface area contributed by atoms with Crippen molar-refractivity contribution in [3.63, 3.8) is 0 Å². The second-order valence-electron chi connectivity index (χ2n) is 5.88. The van der Waals surface area contributed by atoms with Crippen LogP contribution in [0, 0.1) is 12.7 Å². The molecule has 3 nitrogen and oxygen atoms in total. The lowest BCUT2D eigenvalue weighted by Crippen LogP contribution is -2.11. The summed E-state index contributed by atoms with van der Waals surface area (Å²) in [6.07, 6.45) is 0. The van der Waals surface area contributed by atoms with Gasteiger partial charge in [-0.1, -0.05) is 29.8 Å². The van der Waals surface area contributed by atoms with Crippen molar-refractivity contribution >= 4 is 17.3 Å². The van der Waals surface area contributed by atoms with Crippen LogP contribution in [-0.2, 0) is 6.54 Å². The maximum absolute atomic E-state index is 12.9. The Morgan fingerprint density at radius 3 is 2.28 bits per heavy atom. The molecule has 25 heavy (non-hydrogen) atoms. The van der Waals surface area contributed by atoms with E-state index in [1.807, 2.05) is 49.4 Å². The van der Waals surface area contributed by atoms with Crippen LogP contribution in [0.15, 0.2) is 72.8 Å². The predicted molar refractivity (Wildman–Crippen MR) is 99.3 cm³/mol.